The molecule has 0 aliphatic rings. The number of nitrogens with zero attached hydrogens (tertiary/aromatic N) is 1. The largest absolute Gasteiger partial charge is 0.438 e. The first-order chi connectivity index (χ1) is 9.01. The van der Waals surface area contributed by atoms with Gasteiger partial charge in [0.05, 0.1) is 5.02 Å². The van der Waals surface area contributed by atoms with E-state index in [-0.39, 0.29) is 0 Å². The van der Waals surface area contributed by atoms with E-state index < -0.39 is 0 Å². The van der Waals surface area contributed by atoms with Crippen LogP contribution in [0.1, 0.15) is 16.7 Å². The molecule has 2 aromatic rings. The number of rotatable bonds is 3. The van der Waals surface area contributed by atoms with Gasteiger partial charge in [0, 0.05) is 23.8 Å². The summed E-state index contributed by atoms with van der Waals surface area (Å²) in [5.74, 6) is 1.22. The van der Waals surface area contributed by atoms with Gasteiger partial charge in [-0.15, -0.1) is 0 Å². The molecule has 0 atom stereocenters. The summed E-state index contributed by atoms with van der Waals surface area (Å²) in [4.78, 5) is 4.14. The number of ether oxygens (including phenoxy) is 1. The topological polar surface area (TPSA) is 48.1 Å². The summed E-state index contributed by atoms with van der Waals surface area (Å²) in [6.07, 6.45) is 1.54. The monoisotopic (exact) mass is 296 g/mol. The lowest BCUT2D eigenvalue weighted by atomic mass is 10.1. The molecule has 0 bridgehead atoms. The van der Waals surface area contributed by atoms with E-state index in [9.17, 15) is 0 Å². The van der Waals surface area contributed by atoms with Crippen molar-refractivity contribution in [2.75, 3.05) is 0 Å². The van der Waals surface area contributed by atoms with Crippen molar-refractivity contribution in [3.63, 3.8) is 0 Å². The molecule has 0 aliphatic heterocycles. The molecule has 0 saturated heterocycles. The van der Waals surface area contributed by atoms with E-state index in [1.165, 1.54) is 0 Å². The van der Waals surface area contributed by atoms with Gasteiger partial charge in [0.1, 0.15) is 5.75 Å². The van der Waals surface area contributed by atoms with Crippen LogP contribution in [-0.2, 0) is 6.54 Å². The normalized spacial score (nSPS) is 10.6. The molecular formula is C14H14Cl2N2O. The van der Waals surface area contributed by atoms with Crippen LogP contribution in [0.4, 0.5) is 0 Å². The van der Waals surface area contributed by atoms with Crippen molar-refractivity contribution in [3.05, 3.63) is 51.1 Å². The number of hydrogen-bond donors (Lipinski definition) is 1. The van der Waals surface area contributed by atoms with Crippen molar-refractivity contribution in [2.45, 2.75) is 20.4 Å². The first-order valence-electron chi connectivity index (χ1n) is 5.80. The zero-order valence-corrected chi connectivity index (χ0v) is 12.2. The smallest absolute Gasteiger partial charge is 0.219 e. The Bertz CT molecular complexity index is 591. The summed E-state index contributed by atoms with van der Waals surface area (Å²) in [5, 5.41) is 1.23. The molecule has 5 heteroatoms. The molecule has 2 rings (SSSR count). The zero-order valence-electron chi connectivity index (χ0n) is 10.7. The van der Waals surface area contributed by atoms with E-state index in [0.29, 0.717) is 22.5 Å². The highest BCUT2D eigenvalue weighted by atomic mass is 35.5. The van der Waals surface area contributed by atoms with Crippen molar-refractivity contribution in [3.8, 4) is 11.6 Å². The molecule has 2 N–H and O–H groups in total. The molecule has 1 aromatic heterocycles. The molecule has 100 valence electrons. The van der Waals surface area contributed by atoms with Crippen LogP contribution in [0.5, 0.6) is 11.6 Å². The lowest BCUT2D eigenvalue weighted by Gasteiger charge is -2.12. The van der Waals surface area contributed by atoms with E-state index in [0.717, 1.165) is 22.4 Å². The summed E-state index contributed by atoms with van der Waals surface area (Å²) in [6.45, 7) is 4.22. The molecule has 0 spiro atoms. The van der Waals surface area contributed by atoms with Crippen LogP contribution in [0.3, 0.4) is 0 Å². The van der Waals surface area contributed by atoms with E-state index in [1.807, 2.05) is 26.0 Å². The first kappa shape index (κ1) is 14.1. The third kappa shape index (κ3) is 3.18. The molecule has 0 fully saturated rings. The predicted octanol–water partition coefficient (Wildman–Crippen LogP) is 4.26. The highest BCUT2D eigenvalue weighted by Gasteiger charge is 2.09. The second-order valence-electron chi connectivity index (χ2n) is 4.29. The maximum atomic E-state index is 5.99. The lowest BCUT2D eigenvalue weighted by Crippen LogP contribution is -2.00. The van der Waals surface area contributed by atoms with E-state index >= 15 is 0 Å². The number of pyridine rings is 1. The van der Waals surface area contributed by atoms with Crippen LogP contribution < -0.4 is 10.5 Å². The maximum absolute atomic E-state index is 5.99. The number of hydrogen-bond acceptors (Lipinski definition) is 3. The summed E-state index contributed by atoms with van der Waals surface area (Å²) >= 11 is 12.0. The van der Waals surface area contributed by atoms with Gasteiger partial charge >= 0.3 is 0 Å². The van der Waals surface area contributed by atoms with Crippen molar-refractivity contribution < 1.29 is 4.74 Å². The quantitative estimate of drug-likeness (QED) is 0.921. The van der Waals surface area contributed by atoms with Gasteiger partial charge in [0.25, 0.3) is 0 Å². The second-order valence-corrected chi connectivity index (χ2v) is 5.13. The number of nitrogens with two attached hydrogens (primary N) is 1. The van der Waals surface area contributed by atoms with Gasteiger partial charge in [0.2, 0.25) is 5.88 Å². The molecule has 3 nitrogen and oxygen atoms in total. The fourth-order valence-electron chi connectivity index (χ4n) is 1.83. The Kier molecular flexibility index (Phi) is 4.30. The zero-order chi connectivity index (χ0) is 14.0. The fraction of sp³-hybridized carbons (Fsp3) is 0.214. The Morgan fingerprint density at radius 2 is 1.79 bits per heavy atom. The highest BCUT2D eigenvalue weighted by Crippen LogP contribution is 2.31. The number of benzene rings is 1. The summed E-state index contributed by atoms with van der Waals surface area (Å²) in [5.41, 5.74) is 8.32. The van der Waals surface area contributed by atoms with Crippen LogP contribution in [0, 0.1) is 13.8 Å². The minimum Gasteiger partial charge on any atom is -0.438 e. The lowest BCUT2D eigenvalue weighted by molar-refractivity contribution is 0.455. The molecule has 0 radical (unpaired) electrons. The van der Waals surface area contributed by atoms with Crippen molar-refractivity contribution in [1.29, 1.82) is 0 Å². The van der Waals surface area contributed by atoms with Gasteiger partial charge in [-0.25, -0.2) is 4.98 Å². The molecule has 0 amide bonds. The summed E-state index contributed by atoms with van der Waals surface area (Å²) < 4.78 is 5.81. The van der Waals surface area contributed by atoms with Gasteiger partial charge in [-0.2, -0.15) is 0 Å². The first-order valence-corrected chi connectivity index (χ1v) is 6.56. The van der Waals surface area contributed by atoms with Crippen LogP contribution in [0.25, 0.3) is 0 Å². The standard InChI is InChI=1S/C14H14Cl2N2O/c1-8-3-11(15)4-9(2)14(8)19-13-5-10(6-17)12(16)7-18-13/h3-5,7H,6,17H2,1-2H3. The number of aryl methyl sites for hydroxylation is 2. The second kappa shape index (κ2) is 5.78. The molecule has 0 saturated carbocycles. The van der Waals surface area contributed by atoms with Gasteiger partial charge in [-0.1, -0.05) is 23.2 Å². The highest BCUT2D eigenvalue weighted by molar-refractivity contribution is 6.31. The van der Waals surface area contributed by atoms with Crippen LogP contribution in [-0.4, -0.2) is 4.98 Å². The van der Waals surface area contributed by atoms with Crippen LogP contribution >= 0.6 is 23.2 Å². The minimum absolute atomic E-state index is 0.344. The Labute approximate surface area is 122 Å². The Morgan fingerprint density at radius 1 is 1.16 bits per heavy atom. The van der Waals surface area contributed by atoms with Gasteiger partial charge in [-0.05, 0) is 42.7 Å². The third-order valence-electron chi connectivity index (χ3n) is 2.76. The van der Waals surface area contributed by atoms with Crippen molar-refractivity contribution in [1.82, 2.24) is 4.98 Å². The number of halogens is 2. The third-order valence-corrected chi connectivity index (χ3v) is 3.32. The molecule has 1 heterocycles. The van der Waals surface area contributed by atoms with Crippen LogP contribution in [0.2, 0.25) is 10.0 Å². The summed E-state index contributed by atoms with van der Waals surface area (Å²) in [7, 11) is 0. The van der Waals surface area contributed by atoms with Crippen molar-refractivity contribution in [2.24, 2.45) is 5.73 Å². The van der Waals surface area contributed by atoms with Gasteiger partial charge in [0.15, 0.2) is 0 Å². The van der Waals surface area contributed by atoms with E-state index in [2.05, 4.69) is 4.98 Å². The Hall–Kier alpha value is -1.29. The van der Waals surface area contributed by atoms with Crippen LogP contribution in [0.15, 0.2) is 24.4 Å². The Balaban J connectivity index is 2.36. The fourth-order valence-corrected chi connectivity index (χ4v) is 2.34. The molecular weight excluding hydrogens is 283 g/mol. The summed E-state index contributed by atoms with van der Waals surface area (Å²) in [6, 6.07) is 5.45. The predicted molar refractivity (Wildman–Crippen MR) is 78.1 cm³/mol. The molecule has 1 aromatic carbocycles. The molecule has 0 aliphatic carbocycles. The molecule has 0 unspecified atom stereocenters. The average Bonchev–Trinajstić information content (AvgIpc) is 2.35. The van der Waals surface area contributed by atoms with Gasteiger partial charge < -0.3 is 10.5 Å². The van der Waals surface area contributed by atoms with Gasteiger partial charge in [-0.3, -0.25) is 0 Å². The number of aromatic nitrogens is 1. The van der Waals surface area contributed by atoms with E-state index in [4.69, 9.17) is 33.7 Å². The maximum Gasteiger partial charge on any atom is 0.219 e. The SMILES string of the molecule is Cc1cc(Cl)cc(C)c1Oc1cc(CN)c(Cl)cn1. The molecule has 19 heavy (non-hydrogen) atoms. The minimum atomic E-state index is 0.344. The Morgan fingerprint density at radius 3 is 2.37 bits per heavy atom. The average molecular weight is 297 g/mol. The van der Waals surface area contributed by atoms with E-state index in [1.54, 1.807) is 12.3 Å². The van der Waals surface area contributed by atoms with Crippen molar-refractivity contribution >= 4 is 23.2 Å².